The number of ketones is 1. The minimum Gasteiger partial charge on any atom is -0.497 e. The van der Waals surface area contributed by atoms with E-state index in [-0.39, 0.29) is 5.78 Å². The largest absolute Gasteiger partial charge is 0.497 e. The Hall–Kier alpha value is -2.79. The van der Waals surface area contributed by atoms with E-state index in [1.54, 1.807) is 19.2 Å². The molecule has 3 aromatic rings. The van der Waals surface area contributed by atoms with E-state index >= 15 is 0 Å². The van der Waals surface area contributed by atoms with Gasteiger partial charge in [0.25, 0.3) is 0 Å². The topological polar surface area (TPSA) is 56.1 Å². The number of hydrogen-bond donors (Lipinski definition) is 1. The number of halogens is 1. The lowest BCUT2D eigenvalue weighted by molar-refractivity contribution is 0.0953. The third-order valence-electron chi connectivity index (χ3n) is 4.76. The number of benzene rings is 2. The van der Waals surface area contributed by atoms with E-state index in [1.807, 2.05) is 41.1 Å². The molecule has 1 heterocycles. The van der Waals surface area contributed by atoms with E-state index in [0.29, 0.717) is 28.7 Å². The van der Waals surface area contributed by atoms with Crippen LogP contribution < -0.4 is 10.1 Å². The maximum absolute atomic E-state index is 12.8. The molecule has 138 valence electrons. The van der Waals surface area contributed by atoms with Gasteiger partial charge in [0, 0.05) is 17.1 Å². The molecule has 1 aromatic heterocycles. The van der Waals surface area contributed by atoms with Crippen molar-refractivity contribution in [2.45, 2.75) is 19.8 Å². The van der Waals surface area contributed by atoms with E-state index in [9.17, 15) is 4.79 Å². The molecule has 0 radical (unpaired) electrons. The van der Waals surface area contributed by atoms with Crippen LogP contribution in [0.1, 0.15) is 29.4 Å². The third-order valence-corrected chi connectivity index (χ3v) is 5.01. The molecule has 0 spiro atoms. The summed E-state index contributed by atoms with van der Waals surface area (Å²) < 4.78 is 7.10. The number of carbonyl (C=O) groups excluding carboxylic acids is 1. The first kappa shape index (κ1) is 17.6. The number of hydrogen-bond acceptors (Lipinski definition) is 4. The van der Waals surface area contributed by atoms with Crippen molar-refractivity contribution in [2.75, 3.05) is 12.4 Å². The quantitative estimate of drug-likeness (QED) is 0.687. The third kappa shape index (κ3) is 3.43. The number of carbonyl (C=O) groups is 1. The lowest BCUT2D eigenvalue weighted by Gasteiger charge is -2.19. The maximum Gasteiger partial charge on any atom is 0.168 e. The fraction of sp³-hybridized carbons (Fsp3) is 0.238. The Kier molecular flexibility index (Phi) is 4.62. The predicted molar refractivity (Wildman–Crippen MR) is 107 cm³/mol. The first-order chi connectivity index (χ1) is 13.0. The summed E-state index contributed by atoms with van der Waals surface area (Å²) in [6.45, 7) is 2.10. The molecule has 4 rings (SSSR count). The summed E-state index contributed by atoms with van der Waals surface area (Å²) in [5, 5.41) is 8.68. The van der Waals surface area contributed by atoms with Gasteiger partial charge in [-0.15, -0.1) is 5.10 Å². The van der Waals surface area contributed by atoms with Crippen LogP contribution in [-0.2, 0) is 6.42 Å². The molecular weight excluding hydrogens is 362 g/mol. The number of Topliss-reactive ketones (excluding diaryl/α,β-unsaturated/α-hetero) is 1. The minimum atomic E-state index is 0.125. The van der Waals surface area contributed by atoms with E-state index in [2.05, 4.69) is 12.2 Å². The van der Waals surface area contributed by atoms with Gasteiger partial charge in [0.2, 0.25) is 0 Å². The van der Waals surface area contributed by atoms with Gasteiger partial charge in [0.15, 0.2) is 11.6 Å². The Morgan fingerprint density at radius 3 is 2.48 bits per heavy atom. The van der Waals surface area contributed by atoms with Crippen LogP contribution in [0.3, 0.4) is 0 Å². The second-order valence-corrected chi connectivity index (χ2v) is 7.29. The van der Waals surface area contributed by atoms with Crippen LogP contribution in [0.2, 0.25) is 5.02 Å². The van der Waals surface area contributed by atoms with Gasteiger partial charge in [-0.25, -0.2) is 4.68 Å². The van der Waals surface area contributed by atoms with Crippen molar-refractivity contribution in [2.24, 2.45) is 5.92 Å². The fourth-order valence-corrected chi connectivity index (χ4v) is 3.58. The number of rotatable bonds is 4. The summed E-state index contributed by atoms with van der Waals surface area (Å²) in [5.41, 5.74) is 3.37. The van der Waals surface area contributed by atoms with Crippen LogP contribution in [-0.4, -0.2) is 22.7 Å². The second-order valence-electron chi connectivity index (χ2n) is 6.85. The van der Waals surface area contributed by atoms with Crippen molar-refractivity contribution in [3.05, 3.63) is 64.8 Å². The molecule has 0 aliphatic heterocycles. The van der Waals surface area contributed by atoms with Crippen molar-refractivity contribution in [3.63, 3.8) is 0 Å². The summed E-state index contributed by atoms with van der Waals surface area (Å²) in [5.74, 6) is 1.78. The molecule has 2 aromatic carbocycles. The van der Waals surface area contributed by atoms with Crippen molar-refractivity contribution in [1.29, 1.82) is 0 Å². The van der Waals surface area contributed by atoms with Gasteiger partial charge >= 0.3 is 0 Å². The van der Waals surface area contributed by atoms with Crippen molar-refractivity contribution in [3.8, 4) is 11.4 Å². The fourth-order valence-electron chi connectivity index (χ4n) is 3.45. The molecule has 1 N–H and O–H groups in total. The number of fused-ring (bicyclic) bond motifs is 1. The molecule has 5 nitrogen and oxygen atoms in total. The van der Waals surface area contributed by atoms with Gasteiger partial charge in [-0.1, -0.05) is 18.5 Å². The normalized spacial score (nSPS) is 16.1. The van der Waals surface area contributed by atoms with Crippen molar-refractivity contribution >= 4 is 28.9 Å². The monoisotopic (exact) mass is 381 g/mol. The molecule has 0 saturated carbocycles. The molecule has 0 fully saturated rings. The molecule has 0 saturated heterocycles. The summed E-state index contributed by atoms with van der Waals surface area (Å²) in [7, 11) is 1.64. The average molecular weight is 382 g/mol. The zero-order valence-corrected chi connectivity index (χ0v) is 16.0. The smallest absolute Gasteiger partial charge is 0.168 e. The molecule has 0 amide bonds. The summed E-state index contributed by atoms with van der Waals surface area (Å²) in [6, 6.07) is 15.0. The van der Waals surface area contributed by atoms with Gasteiger partial charge in [0.05, 0.1) is 24.1 Å². The molecule has 27 heavy (non-hydrogen) atoms. The van der Waals surface area contributed by atoms with Gasteiger partial charge in [-0.05, 0) is 60.9 Å². The highest BCUT2D eigenvalue weighted by atomic mass is 35.5. The zero-order chi connectivity index (χ0) is 19.0. The molecule has 1 atom stereocenters. The molecular formula is C21H20ClN3O2. The van der Waals surface area contributed by atoms with Crippen molar-refractivity contribution in [1.82, 2.24) is 9.78 Å². The van der Waals surface area contributed by atoms with Gasteiger partial charge in [-0.2, -0.15) is 0 Å². The predicted octanol–water partition coefficient (Wildman–Crippen LogP) is 5.04. The van der Waals surface area contributed by atoms with Crippen LogP contribution in [0.25, 0.3) is 5.69 Å². The van der Waals surface area contributed by atoms with Crippen LogP contribution in [0.5, 0.6) is 5.75 Å². The Morgan fingerprint density at radius 1 is 1.11 bits per heavy atom. The van der Waals surface area contributed by atoms with Crippen LogP contribution >= 0.6 is 11.6 Å². The SMILES string of the molecule is COc1ccc(-n2nc(Nc3ccc(Cl)cc3)c3c2CC(C)CC3=O)cc1. The highest BCUT2D eigenvalue weighted by Crippen LogP contribution is 2.34. The average Bonchev–Trinajstić information content (AvgIpc) is 3.02. The van der Waals surface area contributed by atoms with E-state index < -0.39 is 0 Å². The number of aromatic nitrogens is 2. The zero-order valence-electron chi connectivity index (χ0n) is 15.2. The Bertz CT molecular complexity index is 978. The summed E-state index contributed by atoms with van der Waals surface area (Å²) >= 11 is 5.97. The van der Waals surface area contributed by atoms with Crippen LogP contribution in [0.4, 0.5) is 11.5 Å². The van der Waals surface area contributed by atoms with E-state index in [1.165, 1.54) is 0 Å². The molecule has 0 bridgehead atoms. The Labute approximate surface area is 162 Å². The van der Waals surface area contributed by atoms with E-state index in [0.717, 1.165) is 29.2 Å². The molecule has 1 aliphatic rings. The summed E-state index contributed by atoms with van der Waals surface area (Å²) in [4.78, 5) is 12.8. The van der Waals surface area contributed by atoms with Crippen LogP contribution in [0, 0.1) is 5.92 Å². The Balaban J connectivity index is 1.79. The molecule has 6 heteroatoms. The minimum absolute atomic E-state index is 0.125. The first-order valence-corrected chi connectivity index (χ1v) is 9.25. The molecule has 1 aliphatic carbocycles. The van der Waals surface area contributed by atoms with Crippen LogP contribution in [0.15, 0.2) is 48.5 Å². The van der Waals surface area contributed by atoms with Gasteiger partial charge in [0.1, 0.15) is 5.75 Å². The number of nitrogens with zero attached hydrogens (tertiary/aromatic N) is 2. The Morgan fingerprint density at radius 2 is 1.81 bits per heavy atom. The number of anilines is 2. The first-order valence-electron chi connectivity index (χ1n) is 8.87. The number of methoxy groups -OCH3 is 1. The lowest BCUT2D eigenvalue weighted by atomic mass is 9.87. The number of ether oxygens (including phenoxy) is 1. The highest BCUT2D eigenvalue weighted by Gasteiger charge is 2.31. The van der Waals surface area contributed by atoms with Gasteiger partial charge < -0.3 is 10.1 Å². The van der Waals surface area contributed by atoms with Crippen molar-refractivity contribution < 1.29 is 9.53 Å². The van der Waals surface area contributed by atoms with E-state index in [4.69, 9.17) is 21.4 Å². The standard InChI is InChI=1S/C21H20ClN3O2/c1-13-11-18-20(19(26)12-13)21(23-15-5-3-14(22)4-6-15)24-25(18)16-7-9-17(27-2)10-8-16/h3-10,13H,11-12H2,1-2H3,(H,23,24). The number of nitrogens with one attached hydrogen (secondary N) is 1. The second kappa shape index (κ2) is 7.08. The van der Waals surface area contributed by atoms with Gasteiger partial charge in [-0.3, -0.25) is 4.79 Å². The maximum atomic E-state index is 12.8. The lowest BCUT2D eigenvalue weighted by Crippen LogP contribution is -2.19. The molecule has 1 unspecified atom stereocenters. The highest BCUT2D eigenvalue weighted by molar-refractivity contribution is 6.30. The summed E-state index contributed by atoms with van der Waals surface area (Å²) in [6.07, 6.45) is 1.35.